The van der Waals surface area contributed by atoms with Gasteiger partial charge in [0.1, 0.15) is 10.7 Å². The number of sulfonamides is 1. The number of thiazole rings is 1. The Kier molecular flexibility index (Phi) is 6.83. The summed E-state index contributed by atoms with van der Waals surface area (Å²) in [6.07, 6.45) is -0.511. The van der Waals surface area contributed by atoms with Crippen LogP contribution in [0.5, 0.6) is 0 Å². The third kappa shape index (κ3) is 5.25. The Labute approximate surface area is 200 Å². The van der Waals surface area contributed by atoms with Gasteiger partial charge in [0.05, 0.1) is 22.9 Å². The Bertz CT molecular complexity index is 1270. The number of benzene rings is 2. The normalized spacial score (nSPS) is 19.4. The largest absolute Gasteiger partial charge is 0.373 e. The molecule has 0 saturated carbocycles. The molecule has 1 aliphatic heterocycles. The number of anilines is 1. The first kappa shape index (κ1) is 23.8. The molecule has 0 aliphatic carbocycles. The van der Waals surface area contributed by atoms with E-state index in [1.54, 1.807) is 31.4 Å². The van der Waals surface area contributed by atoms with Crippen LogP contribution in [0.4, 0.5) is 9.52 Å². The molecule has 3 aromatic rings. The van der Waals surface area contributed by atoms with Crippen molar-refractivity contribution in [2.75, 3.05) is 18.4 Å². The van der Waals surface area contributed by atoms with Crippen molar-refractivity contribution in [2.24, 2.45) is 0 Å². The van der Waals surface area contributed by atoms with Gasteiger partial charge in [0.2, 0.25) is 10.0 Å². The van der Waals surface area contributed by atoms with Gasteiger partial charge in [-0.3, -0.25) is 10.1 Å². The van der Waals surface area contributed by atoms with Crippen LogP contribution in [0.2, 0.25) is 5.02 Å². The van der Waals surface area contributed by atoms with E-state index in [9.17, 15) is 17.6 Å². The van der Waals surface area contributed by atoms with Crippen molar-refractivity contribution in [1.29, 1.82) is 0 Å². The summed E-state index contributed by atoms with van der Waals surface area (Å²) in [4.78, 5) is 17.0. The van der Waals surface area contributed by atoms with Crippen molar-refractivity contribution in [3.05, 3.63) is 64.2 Å². The summed E-state index contributed by atoms with van der Waals surface area (Å²) < 4.78 is 46.5. The lowest BCUT2D eigenvalue weighted by molar-refractivity contribution is -0.0440. The smallest absolute Gasteiger partial charge is 0.257 e. The van der Waals surface area contributed by atoms with Crippen LogP contribution in [0.25, 0.3) is 11.3 Å². The number of rotatable bonds is 5. The van der Waals surface area contributed by atoms with Crippen molar-refractivity contribution >= 4 is 44.0 Å². The molecule has 11 heteroatoms. The summed E-state index contributed by atoms with van der Waals surface area (Å²) in [7, 11) is -3.93. The molecular weight excluding hydrogens is 489 g/mol. The van der Waals surface area contributed by atoms with Gasteiger partial charge in [-0.05, 0) is 56.3 Å². The zero-order chi connectivity index (χ0) is 23.8. The molecule has 4 rings (SSSR count). The van der Waals surface area contributed by atoms with Crippen LogP contribution in [0.15, 0.2) is 52.7 Å². The van der Waals surface area contributed by atoms with Crippen LogP contribution in [-0.4, -0.2) is 48.9 Å². The van der Waals surface area contributed by atoms with Crippen molar-refractivity contribution in [3.63, 3.8) is 0 Å². The number of ether oxygens (including phenoxy) is 1. The Hall–Kier alpha value is -2.37. The summed E-state index contributed by atoms with van der Waals surface area (Å²) in [5, 5.41) is 4.77. The fraction of sp³-hybridized carbons (Fsp3) is 0.273. The van der Waals surface area contributed by atoms with Crippen molar-refractivity contribution < 1.29 is 22.3 Å². The Morgan fingerprint density at radius 1 is 1.18 bits per heavy atom. The molecule has 1 amide bonds. The highest BCUT2D eigenvalue weighted by Gasteiger charge is 2.34. The number of nitrogens with zero attached hydrogens (tertiary/aromatic N) is 2. The molecule has 0 bridgehead atoms. The lowest BCUT2D eigenvalue weighted by atomic mass is 10.2. The first-order valence-electron chi connectivity index (χ1n) is 10.1. The summed E-state index contributed by atoms with van der Waals surface area (Å²) in [6, 6.07) is 9.97. The van der Waals surface area contributed by atoms with Gasteiger partial charge in [0, 0.05) is 29.6 Å². The number of nitrogens with one attached hydrogen (secondary N) is 1. The van der Waals surface area contributed by atoms with Gasteiger partial charge < -0.3 is 4.74 Å². The van der Waals surface area contributed by atoms with Crippen LogP contribution < -0.4 is 5.32 Å². The highest BCUT2D eigenvalue weighted by atomic mass is 35.5. The van der Waals surface area contributed by atoms with E-state index in [-0.39, 0.29) is 46.6 Å². The molecular formula is C22H21ClFN3O4S2. The van der Waals surface area contributed by atoms with Gasteiger partial charge in [-0.25, -0.2) is 17.8 Å². The van der Waals surface area contributed by atoms with E-state index in [1.807, 2.05) is 0 Å². The van der Waals surface area contributed by atoms with Gasteiger partial charge in [-0.1, -0.05) is 11.6 Å². The molecule has 1 saturated heterocycles. The number of amides is 1. The predicted octanol–water partition coefficient (Wildman–Crippen LogP) is 4.65. The van der Waals surface area contributed by atoms with E-state index < -0.39 is 15.9 Å². The first-order chi connectivity index (χ1) is 15.6. The highest BCUT2D eigenvalue weighted by Crippen LogP contribution is 2.29. The van der Waals surface area contributed by atoms with Crippen molar-refractivity contribution in [2.45, 2.75) is 31.0 Å². The number of morpholine rings is 1. The molecule has 0 radical (unpaired) electrons. The molecule has 0 spiro atoms. The van der Waals surface area contributed by atoms with Crippen LogP contribution in [0.3, 0.4) is 0 Å². The standard InChI is InChI=1S/C22H21ClFN3O4S2/c1-13-10-27(11-14(2)31-13)33(29,30)20-9-16(5-8-18(20)23)21(28)26-22-25-19(12-32-22)15-3-6-17(24)7-4-15/h3-9,12-14H,10-11H2,1-2H3,(H,25,26,28). The number of hydrogen-bond acceptors (Lipinski definition) is 6. The number of halogens is 2. The van der Waals surface area contributed by atoms with Gasteiger partial charge in [0.25, 0.3) is 5.91 Å². The van der Waals surface area contributed by atoms with Gasteiger partial charge >= 0.3 is 0 Å². The van der Waals surface area contributed by atoms with Crippen molar-refractivity contribution in [3.8, 4) is 11.3 Å². The average molecular weight is 510 g/mol. The van der Waals surface area contributed by atoms with Crippen LogP contribution >= 0.6 is 22.9 Å². The lowest BCUT2D eigenvalue weighted by Crippen LogP contribution is -2.48. The molecule has 2 heterocycles. The molecule has 33 heavy (non-hydrogen) atoms. The molecule has 2 aromatic carbocycles. The maximum Gasteiger partial charge on any atom is 0.257 e. The molecule has 7 nitrogen and oxygen atoms in total. The van der Waals surface area contributed by atoms with E-state index in [0.717, 1.165) is 0 Å². The molecule has 1 aliphatic rings. The fourth-order valence-corrected chi connectivity index (χ4v) is 6.37. The van der Waals surface area contributed by atoms with Crippen LogP contribution in [0, 0.1) is 5.82 Å². The summed E-state index contributed by atoms with van der Waals surface area (Å²) in [5.74, 6) is -0.871. The molecule has 1 aromatic heterocycles. The van der Waals surface area contributed by atoms with E-state index in [1.165, 1.54) is 46.0 Å². The monoisotopic (exact) mass is 509 g/mol. The van der Waals surface area contributed by atoms with Gasteiger partial charge in [-0.2, -0.15) is 4.31 Å². The minimum Gasteiger partial charge on any atom is -0.373 e. The number of carbonyl (C=O) groups is 1. The van der Waals surface area contributed by atoms with E-state index in [2.05, 4.69) is 10.3 Å². The summed E-state index contributed by atoms with van der Waals surface area (Å²) in [5.41, 5.74) is 1.43. The second-order valence-corrected chi connectivity index (χ2v) is 10.9. The van der Waals surface area contributed by atoms with Crippen LogP contribution in [0.1, 0.15) is 24.2 Å². The predicted molar refractivity (Wildman–Crippen MR) is 126 cm³/mol. The topological polar surface area (TPSA) is 88.6 Å². The summed E-state index contributed by atoms with van der Waals surface area (Å²) >= 11 is 7.42. The van der Waals surface area contributed by atoms with Gasteiger partial charge in [-0.15, -0.1) is 11.3 Å². The van der Waals surface area contributed by atoms with Crippen LogP contribution in [-0.2, 0) is 14.8 Å². The number of aromatic nitrogens is 1. The Morgan fingerprint density at radius 3 is 2.52 bits per heavy atom. The zero-order valence-corrected chi connectivity index (χ0v) is 20.2. The third-order valence-corrected chi connectivity index (χ3v) is 8.13. The quantitative estimate of drug-likeness (QED) is 0.540. The molecule has 2 unspecified atom stereocenters. The molecule has 2 atom stereocenters. The fourth-order valence-electron chi connectivity index (χ4n) is 3.56. The van der Waals surface area contributed by atoms with E-state index in [4.69, 9.17) is 16.3 Å². The van der Waals surface area contributed by atoms with Crippen molar-refractivity contribution in [1.82, 2.24) is 9.29 Å². The maximum absolute atomic E-state index is 13.2. The highest BCUT2D eigenvalue weighted by molar-refractivity contribution is 7.89. The Morgan fingerprint density at radius 2 is 1.85 bits per heavy atom. The van der Waals surface area contributed by atoms with E-state index >= 15 is 0 Å². The molecule has 1 N–H and O–H groups in total. The first-order valence-corrected chi connectivity index (χ1v) is 12.8. The number of carbonyl (C=O) groups excluding carboxylic acids is 1. The maximum atomic E-state index is 13.2. The third-order valence-electron chi connectivity index (χ3n) is 5.06. The number of hydrogen-bond donors (Lipinski definition) is 1. The zero-order valence-electron chi connectivity index (χ0n) is 17.8. The lowest BCUT2D eigenvalue weighted by Gasteiger charge is -2.34. The molecule has 1 fully saturated rings. The minimum atomic E-state index is -3.93. The van der Waals surface area contributed by atoms with E-state index in [0.29, 0.717) is 16.4 Å². The Balaban J connectivity index is 1.55. The second kappa shape index (κ2) is 9.47. The SMILES string of the molecule is CC1CN(S(=O)(=O)c2cc(C(=O)Nc3nc(-c4ccc(F)cc4)cs3)ccc2Cl)CC(C)O1. The second-order valence-electron chi connectivity index (χ2n) is 7.72. The molecule has 174 valence electrons. The minimum absolute atomic E-state index is 0.0335. The summed E-state index contributed by atoms with van der Waals surface area (Å²) in [6.45, 7) is 4.01. The average Bonchev–Trinajstić information content (AvgIpc) is 3.22. The van der Waals surface area contributed by atoms with Gasteiger partial charge in [0.15, 0.2) is 5.13 Å².